The van der Waals surface area contributed by atoms with Gasteiger partial charge in [-0.15, -0.1) is 0 Å². The van der Waals surface area contributed by atoms with Crippen molar-refractivity contribution >= 4 is 11.7 Å². The fourth-order valence-electron chi connectivity index (χ4n) is 2.00. The molecule has 0 amide bonds. The first kappa shape index (κ1) is 17.1. The molecule has 128 valence electrons. The molecule has 0 bridgehead atoms. The number of aromatic hydroxyl groups is 1. The summed E-state index contributed by atoms with van der Waals surface area (Å²) in [5.74, 6) is -2.12. The quantitative estimate of drug-likeness (QED) is 0.463. The number of benzene rings is 1. The van der Waals surface area contributed by atoms with Crippen LogP contribution in [0.4, 0.5) is 5.69 Å². The maximum absolute atomic E-state index is 12.0. The summed E-state index contributed by atoms with van der Waals surface area (Å²) >= 11 is 0. The lowest BCUT2D eigenvalue weighted by Crippen LogP contribution is -2.09. The van der Waals surface area contributed by atoms with Gasteiger partial charge in [0.2, 0.25) is 11.6 Å². The molecule has 1 aromatic carbocycles. The molecule has 0 atom stereocenters. The van der Waals surface area contributed by atoms with Crippen molar-refractivity contribution < 1.29 is 33.6 Å². The highest BCUT2D eigenvalue weighted by Crippen LogP contribution is 2.43. The highest BCUT2D eigenvalue weighted by Gasteiger charge is 2.34. The Morgan fingerprint density at radius 1 is 1.42 bits per heavy atom. The number of aromatic nitrogens is 2. The van der Waals surface area contributed by atoms with Crippen LogP contribution >= 0.6 is 0 Å². The molecule has 24 heavy (non-hydrogen) atoms. The average Bonchev–Trinajstić information content (AvgIpc) is 3.02. The summed E-state index contributed by atoms with van der Waals surface area (Å²) < 4.78 is 19.2. The van der Waals surface area contributed by atoms with Crippen LogP contribution in [-0.4, -0.2) is 47.5 Å². The summed E-state index contributed by atoms with van der Waals surface area (Å²) in [6.45, 7) is 0.0118. The molecule has 0 aliphatic rings. The summed E-state index contributed by atoms with van der Waals surface area (Å²) in [6, 6.07) is 1.18. The topological polar surface area (TPSA) is 147 Å². The normalized spacial score (nSPS) is 10.5. The number of methoxy groups -OCH3 is 3. The SMILES string of the molecule is COCc1nc(-c2cc(OC)c(O)c([N+](=O)[O-])c2C(=O)OC)no1. The Hall–Kier alpha value is -3.21. The van der Waals surface area contributed by atoms with Crippen LogP contribution in [0.3, 0.4) is 0 Å². The van der Waals surface area contributed by atoms with E-state index >= 15 is 0 Å². The molecular weight excluding hydrogens is 326 g/mol. The number of phenols is 1. The lowest BCUT2D eigenvalue weighted by Gasteiger charge is -2.10. The Labute approximate surface area is 134 Å². The molecule has 1 aromatic heterocycles. The van der Waals surface area contributed by atoms with Crippen LogP contribution in [0.15, 0.2) is 10.6 Å². The molecule has 0 aliphatic carbocycles. The van der Waals surface area contributed by atoms with Crippen LogP contribution in [0.25, 0.3) is 11.4 Å². The molecule has 0 aliphatic heterocycles. The van der Waals surface area contributed by atoms with Gasteiger partial charge in [-0.05, 0) is 6.07 Å². The average molecular weight is 339 g/mol. The van der Waals surface area contributed by atoms with Gasteiger partial charge in [0, 0.05) is 12.7 Å². The van der Waals surface area contributed by atoms with E-state index in [2.05, 4.69) is 14.9 Å². The lowest BCUT2D eigenvalue weighted by molar-refractivity contribution is -0.386. The van der Waals surface area contributed by atoms with Gasteiger partial charge in [-0.3, -0.25) is 10.1 Å². The molecule has 0 saturated carbocycles. The molecule has 11 nitrogen and oxygen atoms in total. The van der Waals surface area contributed by atoms with E-state index in [1.807, 2.05) is 0 Å². The van der Waals surface area contributed by atoms with Crippen molar-refractivity contribution in [3.8, 4) is 22.9 Å². The molecule has 1 N–H and O–H groups in total. The minimum Gasteiger partial charge on any atom is -0.499 e. The number of nitro groups is 1. The molecule has 0 fully saturated rings. The van der Waals surface area contributed by atoms with Gasteiger partial charge in [0.1, 0.15) is 6.61 Å². The third-order valence-electron chi connectivity index (χ3n) is 3.01. The molecule has 11 heteroatoms. The first-order valence-corrected chi connectivity index (χ1v) is 6.43. The Bertz CT molecular complexity index is 786. The predicted molar refractivity (Wildman–Crippen MR) is 76.7 cm³/mol. The van der Waals surface area contributed by atoms with E-state index in [4.69, 9.17) is 14.0 Å². The maximum atomic E-state index is 12.0. The molecule has 1 heterocycles. The number of hydrogen-bond acceptors (Lipinski definition) is 10. The molecule has 2 aromatic rings. The standard InChI is InChI=1S/C13H13N3O8/c1-21-5-8-14-12(15-24-8)6-4-7(22-2)11(17)10(16(19)20)9(6)13(18)23-3/h4,17H,5H2,1-3H3. The van der Waals surface area contributed by atoms with E-state index in [0.29, 0.717) is 0 Å². The highest BCUT2D eigenvalue weighted by atomic mass is 16.6. The third-order valence-corrected chi connectivity index (χ3v) is 3.01. The van der Waals surface area contributed by atoms with Crippen LogP contribution in [0.1, 0.15) is 16.2 Å². The van der Waals surface area contributed by atoms with Gasteiger partial charge in [-0.25, -0.2) is 4.79 Å². The highest BCUT2D eigenvalue weighted by molar-refractivity contribution is 6.02. The fourth-order valence-corrected chi connectivity index (χ4v) is 2.00. The Morgan fingerprint density at radius 3 is 2.67 bits per heavy atom. The minimum absolute atomic E-state index is 0.0118. The fraction of sp³-hybridized carbons (Fsp3) is 0.308. The van der Waals surface area contributed by atoms with Crippen LogP contribution in [-0.2, 0) is 16.1 Å². The van der Waals surface area contributed by atoms with Crippen molar-refractivity contribution in [3.63, 3.8) is 0 Å². The van der Waals surface area contributed by atoms with Gasteiger partial charge in [-0.1, -0.05) is 5.16 Å². The lowest BCUT2D eigenvalue weighted by atomic mass is 10.0. The van der Waals surface area contributed by atoms with Crippen LogP contribution < -0.4 is 4.74 Å². The zero-order chi connectivity index (χ0) is 17.9. The Morgan fingerprint density at radius 2 is 2.12 bits per heavy atom. The molecule has 0 saturated heterocycles. The third kappa shape index (κ3) is 2.96. The Balaban J connectivity index is 2.78. The van der Waals surface area contributed by atoms with Crippen molar-refractivity contribution in [1.29, 1.82) is 0 Å². The van der Waals surface area contributed by atoms with Gasteiger partial charge in [0.15, 0.2) is 11.3 Å². The van der Waals surface area contributed by atoms with Crippen molar-refractivity contribution in [3.05, 3.63) is 27.6 Å². The zero-order valence-corrected chi connectivity index (χ0v) is 12.9. The van der Waals surface area contributed by atoms with Crippen LogP contribution in [0, 0.1) is 10.1 Å². The summed E-state index contributed by atoms with van der Waals surface area (Å²) in [7, 11) is 3.66. The molecule has 0 radical (unpaired) electrons. The number of ether oxygens (including phenoxy) is 3. The maximum Gasteiger partial charge on any atom is 0.345 e. The predicted octanol–water partition coefficient (Wildman–Crippen LogP) is 1.29. The van der Waals surface area contributed by atoms with Gasteiger partial charge in [0.25, 0.3) is 5.89 Å². The number of esters is 1. The zero-order valence-electron chi connectivity index (χ0n) is 12.9. The van der Waals surface area contributed by atoms with Crippen molar-refractivity contribution in [2.75, 3.05) is 21.3 Å². The molecule has 0 unspecified atom stereocenters. The smallest absolute Gasteiger partial charge is 0.345 e. The number of rotatable bonds is 6. The van der Waals surface area contributed by atoms with E-state index in [9.17, 15) is 20.0 Å². The van der Waals surface area contributed by atoms with E-state index in [0.717, 1.165) is 7.11 Å². The van der Waals surface area contributed by atoms with Crippen molar-refractivity contribution in [2.45, 2.75) is 6.61 Å². The van der Waals surface area contributed by atoms with E-state index in [-0.39, 0.29) is 29.6 Å². The van der Waals surface area contributed by atoms with Gasteiger partial charge in [0.05, 0.1) is 19.1 Å². The van der Waals surface area contributed by atoms with Gasteiger partial charge >= 0.3 is 11.7 Å². The van der Waals surface area contributed by atoms with Crippen molar-refractivity contribution in [2.24, 2.45) is 0 Å². The second kappa shape index (κ2) is 6.91. The molecular formula is C13H13N3O8. The van der Waals surface area contributed by atoms with Crippen LogP contribution in [0.5, 0.6) is 11.5 Å². The summed E-state index contributed by atoms with van der Waals surface area (Å²) in [5, 5.41) is 25.0. The molecule has 0 spiro atoms. The Kier molecular flexibility index (Phi) is 4.94. The number of nitro benzene ring substituents is 1. The summed E-state index contributed by atoms with van der Waals surface area (Å²) in [4.78, 5) is 26.4. The first-order chi connectivity index (χ1) is 11.4. The number of carbonyl (C=O) groups excluding carboxylic acids is 1. The van der Waals surface area contributed by atoms with Gasteiger partial charge < -0.3 is 23.8 Å². The minimum atomic E-state index is -1.05. The van der Waals surface area contributed by atoms with Crippen molar-refractivity contribution in [1.82, 2.24) is 10.1 Å². The van der Waals surface area contributed by atoms with E-state index in [1.165, 1.54) is 20.3 Å². The summed E-state index contributed by atoms with van der Waals surface area (Å²) in [6.07, 6.45) is 0. The number of hydrogen-bond donors (Lipinski definition) is 1. The number of nitrogens with zero attached hydrogens (tertiary/aromatic N) is 3. The summed E-state index contributed by atoms with van der Waals surface area (Å²) in [5.41, 5.74) is -1.49. The largest absolute Gasteiger partial charge is 0.499 e. The first-order valence-electron chi connectivity index (χ1n) is 6.43. The van der Waals surface area contributed by atoms with Crippen LogP contribution in [0.2, 0.25) is 0 Å². The second-order valence-electron chi connectivity index (χ2n) is 4.39. The second-order valence-corrected chi connectivity index (χ2v) is 4.39. The van der Waals surface area contributed by atoms with Gasteiger partial charge in [-0.2, -0.15) is 4.98 Å². The number of phenolic OH excluding ortho intramolecular Hbond substituents is 1. The monoisotopic (exact) mass is 339 g/mol. The van der Waals surface area contributed by atoms with E-state index in [1.54, 1.807) is 0 Å². The number of carbonyl (C=O) groups is 1. The van der Waals surface area contributed by atoms with E-state index < -0.39 is 27.9 Å². The molecule has 2 rings (SSSR count).